The molecule has 0 aliphatic carbocycles. The van der Waals surface area contributed by atoms with E-state index in [0.29, 0.717) is 53.5 Å². The molecule has 8 heteroatoms. The van der Waals surface area contributed by atoms with Crippen LogP contribution in [0.3, 0.4) is 0 Å². The highest BCUT2D eigenvalue weighted by Crippen LogP contribution is 2.34. The molecule has 2 heterocycles. The fourth-order valence-electron chi connectivity index (χ4n) is 4.33. The van der Waals surface area contributed by atoms with Crippen LogP contribution in [0.2, 0.25) is 0 Å². The fourth-order valence-corrected chi connectivity index (χ4v) is 4.33. The van der Waals surface area contributed by atoms with E-state index >= 15 is 0 Å². The van der Waals surface area contributed by atoms with Crippen LogP contribution in [0.25, 0.3) is 27.2 Å². The van der Waals surface area contributed by atoms with Crippen LogP contribution in [0, 0.1) is 31.0 Å². The van der Waals surface area contributed by atoms with Gasteiger partial charge in [-0.3, -0.25) is 4.68 Å². The lowest BCUT2D eigenvalue weighted by molar-refractivity contribution is 0.0177. The first kappa shape index (κ1) is 25.4. The van der Waals surface area contributed by atoms with Gasteiger partial charge in [0, 0.05) is 37.0 Å². The zero-order valence-electron chi connectivity index (χ0n) is 21.0. The van der Waals surface area contributed by atoms with Crippen molar-refractivity contribution in [2.24, 2.45) is 5.92 Å². The first-order valence-corrected chi connectivity index (χ1v) is 12.0. The molecule has 2 aromatic carbocycles. The Morgan fingerprint density at radius 1 is 1.11 bits per heavy atom. The Labute approximate surface area is 210 Å². The Morgan fingerprint density at radius 3 is 2.39 bits per heavy atom. The molecule has 1 aromatic heterocycles. The van der Waals surface area contributed by atoms with Gasteiger partial charge in [0.1, 0.15) is 22.9 Å². The number of benzene rings is 2. The summed E-state index contributed by atoms with van der Waals surface area (Å²) in [5, 5.41) is 4.76. The highest BCUT2D eigenvalue weighted by Gasteiger charge is 2.27. The molecule has 6 nitrogen and oxygen atoms in total. The number of likely N-dealkylation sites (tertiary alicyclic amines) is 1. The third kappa shape index (κ3) is 5.73. The van der Waals surface area contributed by atoms with Gasteiger partial charge in [-0.15, -0.1) is 0 Å². The molecule has 188 valence electrons. The number of hydrogen-bond acceptors (Lipinski definition) is 3. The van der Waals surface area contributed by atoms with Crippen LogP contribution >= 0.6 is 0 Å². The van der Waals surface area contributed by atoms with Gasteiger partial charge in [0.15, 0.2) is 0 Å². The molecule has 3 aromatic rings. The number of piperidine rings is 1. The summed E-state index contributed by atoms with van der Waals surface area (Å²) < 4.78 is 36.1. The van der Waals surface area contributed by atoms with Crippen LogP contribution in [0.5, 0.6) is 0 Å². The molecular formula is C28H30F2N4O2. The second-order valence-corrected chi connectivity index (χ2v) is 10.3. The lowest BCUT2D eigenvalue weighted by Gasteiger charge is -2.33. The maximum atomic E-state index is 14.4. The molecule has 1 fully saturated rings. The van der Waals surface area contributed by atoms with Gasteiger partial charge in [0.05, 0.1) is 6.57 Å². The molecule has 0 saturated carbocycles. The number of aryl methyl sites for hydroxylation is 1. The minimum atomic E-state index is -0.606. The van der Waals surface area contributed by atoms with Gasteiger partial charge in [-0.1, -0.05) is 24.3 Å². The van der Waals surface area contributed by atoms with Crippen molar-refractivity contribution in [2.75, 3.05) is 13.1 Å². The van der Waals surface area contributed by atoms with E-state index in [2.05, 4.69) is 4.85 Å². The first-order valence-electron chi connectivity index (χ1n) is 12.0. The third-order valence-corrected chi connectivity index (χ3v) is 6.30. The maximum absolute atomic E-state index is 14.4. The summed E-state index contributed by atoms with van der Waals surface area (Å²) in [6.45, 7) is 16.2. The Morgan fingerprint density at radius 2 is 1.78 bits per heavy atom. The standard InChI is InChI=1S/C28H30F2N4O2/c1-18-6-7-21(15-23(18)29)26-22(20-8-9-25(31-5)24(30)14-20)17-34(32-26)16-19-10-12-33(13-11-19)27(35)36-28(2,3)4/h6-9,14-15,17,19H,10-13,16H2,1-4H3. The maximum Gasteiger partial charge on any atom is 0.410 e. The van der Waals surface area contributed by atoms with Crippen molar-refractivity contribution in [1.82, 2.24) is 14.7 Å². The van der Waals surface area contributed by atoms with Crippen LogP contribution in [-0.2, 0) is 11.3 Å². The molecule has 1 saturated heterocycles. The number of carbonyl (C=O) groups excluding carboxylic acids is 1. The number of nitrogens with zero attached hydrogens (tertiary/aromatic N) is 4. The molecule has 0 radical (unpaired) electrons. The smallest absolute Gasteiger partial charge is 0.410 e. The first-order chi connectivity index (χ1) is 17.0. The average Bonchev–Trinajstić information content (AvgIpc) is 3.24. The summed E-state index contributed by atoms with van der Waals surface area (Å²) in [5.74, 6) is -0.650. The molecule has 1 aliphatic heterocycles. The van der Waals surface area contributed by atoms with Crippen molar-refractivity contribution in [3.8, 4) is 22.4 Å². The number of carbonyl (C=O) groups is 1. The van der Waals surface area contributed by atoms with Crippen molar-refractivity contribution in [3.05, 3.63) is 71.2 Å². The monoisotopic (exact) mass is 492 g/mol. The SMILES string of the molecule is [C-]#[N+]c1ccc(-c2cn(CC3CCN(C(=O)OC(C)(C)C)CC3)nc2-c2ccc(C)c(F)c2)cc1F. The van der Waals surface area contributed by atoms with E-state index in [-0.39, 0.29) is 17.6 Å². The zero-order chi connectivity index (χ0) is 26.0. The minimum absolute atomic E-state index is 0.0502. The summed E-state index contributed by atoms with van der Waals surface area (Å²) in [4.78, 5) is 17.3. The van der Waals surface area contributed by atoms with Gasteiger partial charge in [-0.2, -0.15) is 5.10 Å². The van der Waals surface area contributed by atoms with E-state index in [1.54, 1.807) is 30.0 Å². The summed E-state index contributed by atoms with van der Waals surface area (Å²) in [6, 6.07) is 9.39. The highest BCUT2D eigenvalue weighted by molar-refractivity contribution is 5.81. The second-order valence-electron chi connectivity index (χ2n) is 10.3. The Balaban J connectivity index is 1.58. The topological polar surface area (TPSA) is 51.7 Å². The van der Waals surface area contributed by atoms with E-state index < -0.39 is 11.4 Å². The van der Waals surface area contributed by atoms with Gasteiger partial charge in [0.2, 0.25) is 5.69 Å². The van der Waals surface area contributed by atoms with Crippen LogP contribution in [0.1, 0.15) is 39.2 Å². The lowest BCUT2D eigenvalue weighted by Crippen LogP contribution is -2.42. The van der Waals surface area contributed by atoms with Crippen LogP contribution in [0.15, 0.2) is 42.6 Å². The van der Waals surface area contributed by atoms with E-state index in [0.717, 1.165) is 12.8 Å². The Hall–Kier alpha value is -3.73. The van der Waals surface area contributed by atoms with Crippen molar-refractivity contribution in [3.63, 3.8) is 0 Å². The van der Waals surface area contributed by atoms with Crippen molar-refractivity contribution < 1.29 is 18.3 Å². The quantitative estimate of drug-likeness (QED) is 0.369. The normalized spacial score (nSPS) is 14.5. The van der Waals surface area contributed by atoms with Gasteiger partial charge < -0.3 is 9.64 Å². The summed E-state index contributed by atoms with van der Waals surface area (Å²) in [5.41, 5.74) is 2.34. The Bertz CT molecular complexity index is 1310. The molecule has 0 bridgehead atoms. The second kappa shape index (κ2) is 10.1. The lowest BCUT2D eigenvalue weighted by atomic mass is 9.97. The third-order valence-electron chi connectivity index (χ3n) is 6.30. The average molecular weight is 493 g/mol. The molecule has 0 N–H and O–H groups in total. The Kier molecular flexibility index (Phi) is 7.11. The van der Waals surface area contributed by atoms with E-state index in [9.17, 15) is 13.6 Å². The van der Waals surface area contributed by atoms with E-state index in [4.69, 9.17) is 16.4 Å². The molecular weight excluding hydrogens is 462 g/mol. The zero-order valence-corrected chi connectivity index (χ0v) is 21.0. The largest absolute Gasteiger partial charge is 0.444 e. The summed E-state index contributed by atoms with van der Waals surface area (Å²) >= 11 is 0. The number of ether oxygens (including phenoxy) is 1. The summed E-state index contributed by atoms with van der Waals surface area (Å²) in [6.07, 6.45) is 3.16. The molecule has 4 rings (SSSR count). The van der Waals surface area contributed by atoms with Crippen molar-refractivity contribution in [2.45, 2.75) is 52.7 Å². The van der Waals surface area contributed by atoms with Gasteiger partial charge >= 0.3 is 6.09 Å². The molecule has 0 atom stereocenters. The highest BCUT2D eigenvalue weighted by atomic mass is 19.1. The fraction of sp³-hybridized carbons (Fsp3) is 0.393. The van der Waals surface area contributed by atoms with Crippen LogP contribution in [-0.4, -0.2) is 39.5 Å². The van der Waals surface area contributed by atoms with Crippen LogP contribution < -0.4 is 0 Å². The van der Waals surface area contributed by atoms with Gasteiger partial charge in [-0.05, 0) is 69.7 Å². The molecule has 1 aliphatic rings. The number of hydrogen-bond donors (Lipinski definition) is 0. The summed E-state index contributed by atoms with van der Waals surface area (Å²) in [7, 11) is 0. The predicted molar refractivity (Wildman–Crippen MR) is 135 cm³/mol. The minimum Gasteiger partial charge on any atom is -0.444 e. The van der Waals surface area contributed by atoms with E-state index in [1.807, 2.05) is 31.6 Å². The van der Waals surface area contributed by atoms with E-state index in [1.165, 1.54) is 18.2 Å². The van der Waals surface area contributed by atoms with Crippen LogP contribution in [0.4, 0.5) is 19.3 Å². The molecule has 0 spiro atoms. The van der Waals surface area contributed by atoms with Crippen molar-refractivity contribution in [1.29, 1.82) is 0 Å². The molecule has 0 unspecified atom stereocenters. The molecule has 36 heavy (non-hydrogen) atoms. The van der Waals surface area contributed by atoms with Gasteiger partial charge in [0.25, 0.3) is 0 Å². The number of amides is 1. The predicted octanol–water partition coefficient (Wildman–Crippen LogP) is 7.00. The number of rotatable bonds is 4. The van der Waals surface area contributed by atoms with Crippen molar-refractivity contribution >= 4 is 11.8 Å². The number of aromatic nitrogens is 2. The number of halogens is 2. The molecule has 1 amide bonds. The van der Waals surface area contributed by atoms with Gasteiger partial charge in [-0.25, -0.2) is 18.4 Å².